The molecule has 2 unspecified atom stereocenters. The summed E-state index contributed by atoms with van der Waals surface area (Å²) in [6, 6.07) is 8.37. The number of benzene rings is 1. The van der Waals surface area contributed by atoms with Crippen molar-refractivity contribution >= 4 is 11.8 Å². The second-order valence-corrected chi connectivity index (χ2v) is 8.06. The normalized spacial score (nSPS) is 22.2. The molecule has 5 nitrogen and oxygen atoms in total. The van der Waals surface area contributed by atoms with Crippen molar-refractivity contribution in [3.05, 3.63) is 35.4 Å². The largest absolute Gasteiger partial charge is 0.354 e. The van der Waals surface area contributed by atoms with Crippen LogP contribution in [0.4, 0.5) is 0 Å². The van der Waals surface area contributed by atoms with Gasteiger partial charge in [-0.1, -0.05) is 51.0 Å². The number of likely N-dealkylation sites (tertiary alicyclic amines) is 1. The van der Waals surface area contributed by atoms with Crippen molar-refractivity contribution in [3.63, 3.8) is 0 Å². The maximum absolute atomic E-state index is 12.5. The first-order valence-corrected chi connectivity index (χ1v) is 9.88. The lowest BCUT2D eigenvalue weighted by molar-refractivity contribution is -0.130. The van der Waals surface area contributed by atoms with Crippen LogP contribution in [0, 0.1) is 5.92 Å². The first-order valence-electron chi connectivity index (χ1n) is 9.88. The Labute approximate surface area is 156 Å². The van der Waals surface area contributed by atoms with Crippen LogP contribution < -0.4 is 11.1 Å². The van der Waals surface area contributed by atoms with Crippen LogP contribution in [-0.2, 0) is 9.59 Å². The van der Waals surface area contributed by atoms with E-state index in [1.807, 2.05) is 17.0 Å². The van der Waals surface area contributed by atoms with Gasteiger partial charge >= 0.3 is 0 Å². The van der Waals surface area contributed by atoms with Crippen LogP contribution in [0.3, 0.4) is 0 Å². The minimum Gasteiger partial charge on any atom is -0.354 e. The molecule has 1 saturated carbocycles. The minimum atomic E-state index is -0.237. The fourth-order valence-electron chi connectivity index (χ4n) is 4.08. The number of carbonyl (C=O) groups is 2. The topological polar surface area (TPSA) is 75.4 Å². The minimum absolute atomic E-state index is 0.0481. The molecule has 3 rings (SSSR count). The Morgan fingerprint density at radius 1 is 1.19 bits per heavy atom. The Morgan fingerprint density at radius 3 is 2.42 bits per heavy atom. The lowest BCUT2D eigenvalue weighted by Gasteiger charge is -2.24. The number of rotatable bonds is 6. The van der Waals surface area contributed by atoms with Crippen LogP contribution >= 0.6 is 0 Å². The zero-order chi connectivity index (χ0) is 18.7. The van der Waals surface area contributed by atoms with Gasteiger partial charge in [-0.05, 0) is 29.9 Å². The number of amides is 2. The molecule has 0 spiro atoms. The van der Waals surface area contributed by atoms with Gasteiger partial charge in [0.05, 0.1) is 5.92 Å². The molecule has 2 fully saturated rings. The molecule has 1 aromatic carbocycles. The predicted octanol–water partition coefficient (Wildman–Crippen LogP) is 2.72. The standard InChI is InChI=1S/C21H31N3O2/c1-14(2)15-7-9-16(10-8-15)19(22)12-23-21(26)17-11-20(25)24(13-17)18-5-3-4-6-18/h7-10,14,17-19H,3-6,11-13,22H2,1-2H3,(H,23,26). The first-order chi connectivity index (χ1) is 12.5. The predicted molar refractivity (Wildman–Crippen MR) is 103 cm³/mol. The molecule has 2 amide bonds. The Morgan fingerprint density at radius 2 is 1.81 bits per heavy atom. The quantitative estimate of drug-likeness (QED) is 0.822. The van der Waals surface area contributed by atoms with Gasteiger partial charge in [-0.2, -0.15) is 0 Å². The second-order valence-electron chi connectivity index (χ2n) is 8.06. The number of nitrogens with zero attached hydrogens (tertiary/aromatic N) is 1. The van der Waals surface area contributed by atoms with Gasteiger partial charge < -0.3 is 16.0 Å². The van der Waals surface area contributed by atoms with Gasteiger partial charge in [-0.15, -0.1) is 0 Å². The van der Waals surface area contributed by atoms with Crippen molar-refractivity contribution < 1.29 is 9.59 Å². The maximum Gasteiger partial charge on any atom is 0.225 e. The van der Waals surface area contributed by atoms with Crippen LogP contribution in [0.15, 0.2) is 24.3 Å². The van der Waals surface area contributed by atoms with E-state index in [1.165, 1.54) is 18.4 Å². The highest BCUT2D eigenvalue weighted by atomic mass is 16.2. The van der Waals surface area contributed by atoms with Gasteiger partial charge in [0.2, 0.25) is 11.8 Å². The van der Waals surface area contributed by atoms with Gasteiger partial charge in [0, 0.05) is 31.6 Å². The van der Waals surface area contributed by atoms with E-state index in [1.54, 1.807) is 0 Å². The first kappa shape index (κ1) is 18.9. The summed E-state index contributed by atoms with van der Waals surface area (Å²) in [5, 5.41) is 2.95. The summed E-state index contributed by atoms with van der Waals surface area (Å²) < 4.78 is 0. The highest BCUT2D eigenvalue weighted by molar-refractivity contribution is 5.89. The van der Waals surface area contributed by atoms with Crippen molar-refractivity contribution in [2.75, 3.05) is 13.1 Å². The van der Waals surface area contributed by atoms with Crippen molar-refractivity contribution in [1.82, 2.24) is 10.2 Å². The van der Waals surface area contributed by atoms with E-state index in [9.17, 15) is 9.59 Å². The van der Waals surface area contributed by atoms with Crippen LogP contribution in [-0.4, -0.2) is 35.8 Å². The van der Waals surface area contributed by atoms with Gasteiger partial charge in [-0.3, -0.25) is 9.59 Å². The summed E-state index contributed by atoms with van der Waals surface area (Å²) in [6.45, 7) is 5.28. The summed E-state index contributed by atoms with van der Waals surface area (Å²) in [5.74, 6) is 0.333. The fourth-order valence-corrected chi connectivity index (χ4v) is 4.08. The third kappa shape index (κ3) is 4.26. The molecule has 142 valence electrons. The molecule has 1 aliphatic heterocycles. The van der Waals surface area contributed by atoms with Gasteiger partial charge in [0.15, 0.2) is 0 Å². The molecule has 5 heteroatoms. The third-order valence-electron chi connectivity index (χ3n) is 5.82. The van der Waals surface area contributed by atoms with Crippen molar-refractivity contribution in [2.24, 2.45) is 11.7 Å². The van der Waals surface area contributed by atoms with Gasteiger partial charge in [0.1, 0.15) is 0 Å². The number of nitrogens with two attached hydrogens (primary N) is 1. The number of nitrogens with one attached hydrogen (secondary N) is 1. The molecule has 0 bridgehead atoms. The van der Waals surface area contributed by atoms with Crippen LogP contribution in [0.1, 0.15) is 69.0 Å². The molecular formula is C21H31N3O2. The Balaban J connectivity index is 1.49. The summed E-state index contributed by atoms with van der Waals surface area (Å²) in [5.41, 5.74) is 8.53. The SMILES string of the molecule is CC(C)c1ccc(C(N)CNC(=O)C2CC(=O)N(C3CCCC3)C2)cc1. The molecule has 2 aliphatic rings. The molecule has 26 heavy (non-hydrogen) atoms. The Kier molecular flexibility index (Phi) is 5.97. The van der Waals surface area contributed by atoms with Crippen molar-refractivity contribution in [3.8, 4) is 0 Å². The Bertz CT molecular complexity index is 635. The highest BCUT2D eigenvalue weighted by Crippen LogP contribution is 2.29. The molecule has 0 radical (unpaired) electrons. The molecular weight excluding hydrogens is 326 g/mol. The number of hydrogen-bond donors (Lipinski definition) is 2. The number of hydrogen-bond acceptors (Lipinski definition) is 3. The zero-order valence-electron chi connectivity index (χ0n) is 15.9. The van der Waals surface area contributed by atoms with E-state index in [2.05, 4.69) is 31.3 Å². The molecule has 1 aromatic rings. The Hall–Kier alpha value is -1.88. The van der Waals surface area contributed by atoms with Crippen molar-refractivity contribution in [1.29, 1.82) is 0 Å². The molecule has 2 atom stereocenters. The zero-order valence-corrected chi connectivity index (χ0v) is 15.9. The van der Waals surface area contributed by atoms with Crippen LogP contribution in [0.2, 0.25) is 0 Å². The van der Waals surface area contributed by atoms with E-state index < -0.39 is 0 Å². The van der Waals surface area contributed by atoms with Gasteiger partial charge in [-0.25, -0.2) is 0 Å². The molecule has 0 aromatic heterocycles. The monoisotopic (exact) mass is 357 g/mol. The van der Waals surface area contributed by atoms with Crippen molar-refractivity contribution in [2.45, 2.75) is 64.0 Å². The average molecular weight is 357 g/mol. The lowest BCUT2D eigenvalue weighted by Crippen LogP contribution is -2.38. The van der Waals surface area contributed by atoms with E-state index in [4.69, 9.17) is 5.73 Å². The fraction of sp³-hybridized carbons (Fsp3) is 0.619. The van der Waals surface area contributed by atoms with E-state index in [0.717, 1.165) is 18.4 Å². The molecule has 1 heterocycles. The molecule has 1 aliphatic carbocycles. The molecule has 3 N–H and O–H groups in total. The average Bonchev–Trinajstić information content (AvgIpc) is 3.28. The molecule has 1 saturated heterocycles. The maximum atomic E-state index is 12.5. The van der Waals surface area contributed by atoms with Crippen LogP contribution in [0.25, 0.3) is 0 Å². The second kappa shape index (κ2) is 8.21. The summed E-state index contributed by atoms with van der Waals surface area (Å²) in [6.07, 6.45) is 4.88. The summed E-state index contributed by atoms with van der Waals surface area (Å²) >= 11 is 0. The smallest absolute Gasteiger partial charge is 0.225 e. The lowest BCUT2D eigenvalue weighted by atomic mass is 9.99. The summed E-state index contributed by atoms with van der Waals surface area (Å²) in [4.78, 5) is 26.7. The van der Waals surface area contributed by atoms with Gasteiger partial charge in [0.25, 0.3) is 0 Å². The third-order valence-corrected chi connectivity index (χ3v) is 5.82. The van der Waals surface area contributed by atoms with Crippen LogP contribution in [0.5, 0.6) is 0 Å². The number of carbonyl (C=O) groups excluding carboxylic acids is 2. The van der Waals surface area contributed by atoms with E-state index in [0.29, 0.717) is 31.5 Å². The summed E-state index contributed by atoms with van der Waals surface area (Å²) in [7, 11) is 0. The van der Waals surface area contributed by atoms with E-state index >= 15 is 0 Å². The highest BCUT2D eigenvalue weighted by Gasteiger charge is 2.38. The van der Waals surface area contributed by atoms with E-state index in [-0.39, 0.29) is 23.8 Å².